The largest absolute Gasteiger partial charge is 0.469 e. The molecule has 7 heterocycles. The Morgan fingerprint density at radius 1 is 0.337 bits per heavy atom. The second kappa shape index (κ2) is 32.7. The topological polar surface area (TPSA) is 696 Å². The van der Waals surface area contributed by atoms with Gasteiger partial charge in [-0.2, -0.15) is 0 Å². The van der Waals surface area contributed by atoms with Crippen LogP contribution in [0.5, 0.6) is 0 Å². The van der Waals surface area contributed by atoms with Crippen LogP contribution in [-0.4, -0.2) is 389 Å². The Balaban J connectivity index is 1.18. The van der Waals surface area contributed by atoms with Gasteiger partial charge in [0.2, 0.25) is 11.8 Å². The molecule has 7 aliphatic rings. The molecule has 7 rings (SSSR count). The van der Waals surface area contributed by atoms with E-state index in [1.54, 1.807) is 0 Å². The van der Waals surface area contributed by atoms with Gasteiger partial charge in [0.05, 0.1) is 46.2 Å². The van der Waals surface area contributed by atoms with Crippen molar-refractivity contribution in [3.05, 3.63) is 0 Å². The Labute approximate surface area is 518 Å². The van der Waals surface area contributed by atoms with E-state index in [1.165, 1.54) is 0 Å². The molecule has 0 radical (unpaired) electrons. The molecular weight excluding hydrogens is 1310 g/mol. The number of nitrogens with one attached hydrogen (secondary N) is 2. The summed E-state index contributed by atoms with van der Waals surface area (Å²) in [5.74, 6) is -1.69. The monoisotopic (exact) mass is 1390 g/mol. The summed E-state index contributed by atoms with van der Waals surface area (Å²) < 4.78 is 106. The first-order valence-corrected chi connectivity index (χ1v) is 31.2. The Hall–Kier alpha value is -2.12. The normalized spacial score (nSPS) is 47.4. The van der Waals surface area contributed by atoms with E-state index in [2.05, 4.69) is 19.7 Å². The van der Waals surface area contributed by atoms with Crippen molar-refractivity contribution >= 4 is 27.5 Å². The number of rotatable bonds is 25. The lowest BCUT2D eigenvalue weighted by molar-refractivity contribution is -0.398. The lowest BCUT2D eigenvalue weighted by atomic mass is 9.94. The first-order valence-electron chi connectivity index (χ1n) is 28.1. The van der Waals surface area contributed by atoms with Crippen LogP contribution in [0.2, 0.25) is 0 Å². The van der Waals surface area contributed by atoms with Gasteiger partial charge in [-0.25, -0.2) is 9.13 Å². The maximum atomic E-state index is 12.8. The van der Waals surface area contributed by atoms with Crippen molar-refractivity contribution < 1.29 is 206 Å². The number of phosphoric acid groups is 2. The summed E-state index contributed by atoms with van der Waals surface area (Å²) in [7, 11) is -10.5. The molecule has 44 nitrogen and oxygen atoms in total. The number of aliphatic hydroxyl groups excluding tert-OH is 19. The average Bonchev–Trinajstić information content (AvgIpc) is 0.791. The minimum absolute atomic E-state index is 0.771. The molecule has 46 heteroatoms. The third-order valence-electron chi connectivity index (χ3n) is 15.8. The first kappa shape index (κ1) is 77.2. The highest BCUT2D eigenvalue weighted by Gasteiger charge is 2.58. The average molecular weight is 1400 g/mol. The van der Waals surface area contributed by atoms with E-state index < -0.39 is 289 Å². The fraction of sp³-hybridized carbons (Fsp3) is 0.957. The van der Waals surface area contributed by atoms with Gasteiger partial charge in [0.15, 0.2) is 44.0 Å². The van der Waals surface area contributed by atoms with Crippen molar-refractivity contribution in [2.75, 3.05) is 46.2 Å². The highest BCUT2D eigenvalue weighted by molar-refractivity contribution is 7.46. The van der Waals surface area contributed by atoms with Crippen LogP contribution in [-0.2, 0) is 89.3 Å². The van der Waals surface area contributed by atoms with Gasteiger partial charge in [0, 0.05) is 13.8 Å². The highest BCUT2D eigenvalue weighted by Crippen LogP contribution is 2.41. The molecule has 7 fully saturated rings. The van der Waals surface area contributed by atoms with E-state index in [0.717, 1.165) is 13.8 Å². The van der Waals surface area contributed by atoms with Crippen LogP contribution in [0.3, 0.4) is 0 Å². The van der Waals surface area contributed by atoms with E-state index in [1.807, 2.05) is 0 Å². The molecular formula is C46H80N2O42P2. The van der Waals surface area contributed by atoms with E-state index in [9.17, 15) is 126 Å². The number of carbonyl (C=O) groups excluding carboxylic acids is 2. The zero-order valence-corrected chi connectivity index (χ0v) is 49.9. The van der Waals surface area contributed by atoms with Gasteiger partial charge in [0.25, 0.3) is 0 Å². The number of phosphoric ester groups is 2. The van der Waals surface area contributed by atoms with Gasteiger partial charge in [-0.15, -0.1) is 0 Å². The van der Waals surface area contributed by atoms with E-state index in [0.29, 0.717) is 0 Å². The molecule has 536 valence electrons. The van der Waals surface area contributed by atoms with Crippen LogP contribution in [0.25, 0.3) is 0 Å². The molecule has 7 aliphatic heterocycles. The molecule has 2 amide bonds. The summed E-state index contributed by atoms with van der Waals surface area (Å²) in [6.07, 6.45) is -69.7. The summed E-state index contributed by atoms with van der Waals surface area (Å²) >= 11 is 0. The predicted molar refractivity (Wildman–Crippen MR) is 277 cm³/mol. The van der Waals surface area contributed by atoms with Gasteiger partial charge in [-0.05, 0) is 0 Å². The van der Waals surface area contributed by atoms with Crippen LogP contribution in [0.1, 0.15) is 13.8 Å². The fourth-order valence-electron chi connectivity index (χ4n) is 10.9. The summed E-state index contributed by atoms with van der Waals surface area (Å²) in [5, 5.41) is 213. The SMILES string of the molecule is CC(=O)NC1C(O)OC(CO)C(OC2OC(CO)C(OC3OC(COC4OC(COC5OC(COP(=O)(O)O)C(O)C(O)C5O)C(O)C(O)C4O)C(O)C(OC4OC(CO)C(O)C(O)C4OC4OC(COP(=O)(O)O)C(O)C(O)C4O)C3O)C(O)C2NC(C)=O)C1O. The maximum Gasteiger partial charge on any atom is 0.469 e. The summed E-state index contributed by atoms with van der Waals surface area (Å²) in [6.45, 7) is -5.65. The third kappa shape index (κ3) is 18.4. The Morgan fingerprint density at radius 2 is 0.674 bits per heavy atom. The molecule has 35 unspecified atom stereocenters. The van der Waals surface area contributed by atoms with Crippen LogP contribution < -0.4 is 10.6 Å². The van der Waals surface area contributed by atoms with Crippen LogP contribution in [0, 0.1) is 0 Å². The quantitative estimate of drug-likeness (QED) is 0.0377. The molecule has 0 aromatic rings. The second-order valence-electron chi connectivity index (χ2n) is 22.3. The third-order valence-corrected chi connectivity index (χ3v) is 16.7. The van der Waals surface area contributed by atoms with Gasteiger partial charge < -0.3 is 189 Å². The number of ether oxygens (including phenoxy) is 13. The molecule has 25 N–H and O–H groups in total. The van der Waals surface area contributed by atoms with E-state index >= 15 is 0 Å². The van der Waals surface area contributed by atoms with Gasteiger partial charge in [-0.3, -0.25) is 18.6 Å². The van der Waals surface area contributed by atoms with Gasteiger partial charge in [-0.1, -0.05) is 0 Å². The summed E-state index contributed by atoms with van der Waals surface area (Å²) in [6, 6.07) is -3.49. The van der Waals surface area contributed by atoms with E-state index in [4.69, 9.17) is 71.4 Å². The predicted octanol–water partition coefficient (Wildman–Crippen LogP) is -15.8. The number of hydrogen-bond donors (Lipinski definition) is 25. The second-order valence-corrected chi connectivity index (χ2v) is 24.8. The highest BCUT2D eigenvalue weighted by atomic mass is 31.2. The molecule has 0 spiro atoms. The molecule has 0 aliphatic carbocycles. The Kier molecular flexibility index (Phi) is 27.5. The number of hydrogen-bond acceptors (Lipinski definition) is 38. The summed E-state index contributed by atoms with van der Waals surface area (Å²) in [4.78, 5) is 61.6. The minimum atomic E-state index is -5.30. The van der Waals surface area contributed by atoms with Crippen molar-refractivity contribution in [2.45, 2.75) is 229 Å². The van der Waals surface area contributed by atoms with Gasteiger partial charge >= 0.3 is 15.6 Å². The van der Waals surface area contributed by atoms with Crippen molar-refractivity contribution in [1.82, 2.24) is 10.6 Å². The molecule has 0 aromatic heterocycles. The number of aliphatic hydroxyl groups is 19. The van der Waals surface area contributed by atoms with E-state index in [-0.39, 0.29) is 0 Å². The zero-order chi connectivity index (χ0) is 68.3. The minimum Gasteiger partial charge on any atom is -0.394 e. The van der Waals surface area contributed by atoms with Crippen LogP contribution in [0.15, 0.2) is 0 Å². The molecule has 7 saturated heterocycles. The van der Waals surface area contributed by atoms with Crippen molar-refractivity contribution in [3.8, 4) is 0 Å². The van der Waals surface area contributed by atoms with Crippen molar-refractivity contribution in [3.63, 3.8) is 0 Å². The fourth-order valence-corrected chi connectivity index (χ4v) is 11.6. The molecule has 0 bridgehead atoms. The Morgan fingerprint density at radius 3 is 1.13 bits per heavy atom. The van der Waals surface area contributed by atoms with Crippen molar-refractivity contribution in [1.29, 1.82) is 0 Å². The number of amides is 2. The van der Waals surface area contributed by atoms with Crippen LogP contribution >= 0.6 is 15.6 Å². The lowest BCUT2D eigenvalue weighted by Gasteiger charge is -2.50. The maximum absolute atomic E-state index is 12.8. The molecule has 92 heavy (non-hydrogen) atoms. The molecule has 35 atom stereocenters. The van der Waals surface area contributed by atoms with Gasteiger partial charge in [0.1, 0.15) is 171 Å². The standard InChI is InChI=1S/C46H80N2O42P2/c1-10(52)47-19-26(59)36(13(4-50)80-40(19)69)87-41-20(48-11(2)53)27(60)37(14(5-51)82-41)88-45-35(68)38(89-46-39(31(64)21(54)12(3-49)81-46)90-44-34(67)30(63)24(57)18(86-44)9-79-92(73,74)75)25(58)16(85-45)7-77-42-32(65)28(61)22(55)15(83-42)6-76-43-33(66)29(62)23(56)17(84-43)8-78-91(70,71)72/h12-46,49-51,54-69H,3-9H2,1-2H3,(H,47,52)(H,48,53)(H2,70,71,72)(H2,73,74,75). The Bertz CT molecular complexity index is 2440. The summed E-state index contributed by atoms with van der Waals surface area (Å²) in [5.41, 5.74) is 0. The molecule has 0 aromatic carbocycles. The van der Waals surface area contributed by atoms with Crippen molar-refractivity contribution in [2.24, 2.45) is 0 Å². The molecule has 0 saturated carbocycles. The lowest BCUT2D eigenvalue weighted by Crippen LogP contribution is -2.70. The van der Waals surface area contributed by atoms with Crippen LogP contribution in [0.4, 0.5) is 0 Å². The smallest absolute Gasteiger partial charge is 0.394 e. The number of carbonyl (C=O) groups is 2. The zero-order valence-electron chi connectivity index (χ0n) is 48.1. The first-order chi connectivity index (χ1) is 43.0.